The molecule has 0 saturated heterocycles. The number of carbonyl (C=O) groups is 1. The van der Waals surface area contributed by atoms with Crippen LogP contribution >= 0.6 is 12.2 Å². The van der Waals surface area contributed by atoms with E-state index in [1.54, 1.807) is 18.2 Å². The Hall–Kier alpha value is -2.06. The molecular formula is C16H26N4O3S. The average Bonchev–Trinajstić information content (AvgIpc) is 2.57. The first-order valence-electron chi connectivity index (χ1n) is 7.77. The number of nitrogens with zero attached hydrogens (tertiary/aromatic N) is 1. The van der Waals surface area contributed by atoms with Gasteiger partial charge in [0.1, 0.15) is 0 Å². The van der Waals surface area contributed by atoms with Gasteiger partial charge in [-0.25, -0.2) is 0 Å². The van der Waals surface area contributed by atoms with Gasteiger partial charge in [-0.3, -0.25) is 15.6 Å². The summed E-state index contributed by atoms with van der Waals surface area (Å²) in [6.45, 7) is 4.14. The molecule has 0 saturated carbocycles. The molecule has 0 aliphatic rings. The van der Waals surface area contributed by atoms with E-state index in [1.807, 2.05) is 25.9 Å². The lowest BCUT2D eigenvalue weighted by molar-refractivity contribution is 0.0943. The van der Waals surface area contributed by atoms with Crippen LogP contribution in [0.2, 0.25) is 0 Å². The largest absolute Gasteiger partial charge is 0.493 e. The summed E-state index contributed by atoms with van der Waals surface area (Å²) >= 11 is 5.09. The number of carbonyl (C=O) groups excluding carboxylic acids is 1. The molecule has 3 N–H and O–H groups in total. The van der Waals surface area contributed by atoms with Crippen molar-refractivity contribution in [2.24, 2.45) is 0 Å². The number of benzene rings is 1. The predicted molar refractivity (Wildman–Crippen MR) is 98.5 cm³/mol. The summed E-state index contributed by atoms with van der Waals surface area (Å²) in [4.78, 5) is 14.2. The van der Waals surface area contributed by atoms with Crippen LogP contribution in [0, 0.1) is 0 Å². The van der Waals surface area contributed by atoms with Gasteiger partial charge < -0.3 is 19.7 Å². The Morgan fingerprint density at radius 3 is 2.62 bits per heavy atom. The molecule has 0 spiro atoms. The van der Waals surface area contributed by atoms with Gasteiger partial charge in [0.15, 0.2) is 16.6 Å². The van der Waals surface area contributed by atoms with Crippen LogP contribution in [0.5, 0.6) is 11.5 Å². The second-order valence-corrected chi connectivity index (χ2v) is 5.76. The van der Waals surface area contributed by atoms with Crippen LogP contribution in [-0.2, 0) is 0 Å². The fraction of sp³-hybridized carbons (Fsp3) is 0.500. The van der Waals surface area contributed by atoms with E-state index in [-0.39, 0.29) is 5.91 Å². The van der Waals surface area contributed by atoms with E-state index in [2.05, 4.69) is 16.2 Å². The molecule has 1 aromatic carbocycles. The lowest BCUT2D eigenvalue weighted by atomic mass is 10.2. The Morgan fingerprint density at radius 1 is 1.25 bits per heavy atom. The summed E-state index contributed by atoms with van der Waals surface area (Å²) in [5, 5.41) is 3.36. The number of amides is 1. The quantitative estimate of drug-likeness (QED) is 0.478. The van der Waals surface area contributed by atoms with Crippen molar-refractivity contribution in [3.05, 3.63) is 23.8 Å². The van der Waals surface area contributed by atoms with E-state index in [4.69, 9.17) is 21.7 Å². The highest BCUT2D eigenvalue weighted by atomic mass is 32.1. The van der Waals surface area contributed by atoms with Crippen molar-refractivity contribution in [2.45, 2.75) is 13.3 Å². The minimum absolute atomic E-state index is 0.313. The summed E-state index contributed by atoms with van der Waals surface area (Å²) in [5.41, 5.74) is 5.66. The van der Waals surface area contributed by atoms with Crippen LogP contribution in [0.15, 0.2) is 18.2 Å². The van der Waals surface area contributed by atoms with Gasteiger partial charge in [-0.15, -0.1) is 0 Å². The first-order chi connectivity index (χ1) is 11.5. The van der Waals surface area contributed by atoms with Crippen LogP contribution in [0.25, 0.3) is 0 Å². The maximum Gasteiger partial charge on any atom is 0.269 e. The van der Waals surface area contributed by atoms with Gasteiger partial charge in [0.25, 0.3) is 5.91 Å². The van der Waals surface area contributed by atoms with Gasteiger partial charge in [-0.05, 0) is 50.9 Å². The monoisotopic (exact) mass is 354 g/mol. The number of likely N-dealkylation sites (N-methyl/N-ethyl adjacent to an activating group) is 1. The van der Waals surface area contributed by atoms with Crippen LogP contribution < -0.4 is 25.6 Å². The first-order valence-corrected chi connectivity index (χ1v) is 8.18. The van der Waals surface area contributed by atoms with Crippen molar-refractivity contribution in [2.75, 3.05) is 40.9 Å². The number of nitrogens with one attached hydrogen (secondary N) is 3. The molecule has 1 aromatic rings. The third kappa shape index (κ3) is 7.01. The molecule has 0 aliphatic carbocycles. The molecule has 8 heteroatoms. The van der Waals surface area contributed by atoms with Crippen LogP contribution in [0.4, 0.5) is 0 Å². The summed E-state index contributed by atoms with van der Waals surface area (Å²) in [6.07, 6.45) is 0.896. The fourth-order valence-corrected chi connectivity index (χ4v) is 1.92. The number of hydrogen-bond acceptors (Lipinski definition) is 5. The van der Waals surface area contributed by atoms with Crippen molar-refractivity contribution in [1.29, 1.82) is 0 Å². The zero-order valence-corrected chi connectivity index (χ0v) is 15.5. The molecule has 0 fully saturated rings. The molecule has 0 bridgehead atoms. The molecule has 0 atom stereocenters. The zero-order chi connectivity index (χ0) is 17.9. The zero-order valence-electron chi connectivity index (χ0n) is 14.6. The Bertz CT molecular complexity index is 552. The van der Waals surface area contributed by atoms with Crippen molar-refractivity contribution in [3.8, 4) is 11.5 Å². The normalized spacial score (nSPS) is 10.2. The summed E-state index contributed by atoms with van der Waals surface area (Å²) in [7, 11) is 5.49. The minimum Gasteiger partial charge on any atom is -0.493 e. The summed E-state index contributed by atoms with van der Waals surface area (Å²) < 4.78 is 10.8. The van der Waals surface area contributed by atoms with Crippen molar-refractivity contribution < 1.29 is 14.3 Å². The van der Waals surface area contributed by atoms with E-state index in [1.165, 1.54) is 7.11 Å². The maximum atomic E-state index is 12.2. The van der Waals surface area contributed by atoms with Crippen molar-refractivity contribution in [3.63, 3.8) is 0 Å². The molecule has 1 amide bonds. The van der Waals surface area contributed by atoms with Gasteiger partial charge in [0.2, 0.25) is 0 Å². The standard InChI is InChI=1S/C16H26N4O3S/c1-5-10-23-13-7-6-12(11-14(13)22-4)15(21)18-19-16(24)17-8-9-20(2)3/h6-7,11H,5,8-10H2,1-4H3,(H,18,21)(H2,17,19,24). The second kappa shape index (κ2) is 10.7. The maximum absolute atomic E-state index is 12.2. The molecule has 7 nitrogen and oxygen atoms in total. The Kier molecular flexibility index (Phi) is 8.88. The predicted octanol–water partition coefficient (Wildman–Crippen LogP) is 1.15. The van der Waals surface area contributed by atoms with Gasteiger partial charge in [-0.2, -0.15) is 0 Å². The first kappa shape index (κ1) is 20.0. The van der Waals surface area contributed by atoms with Crippen LogP contribution in [0.1, 0.15) is 23.7 Å². The summed E-state index contributed by atoms with van der Waals surface area (Å²) in [6, 6.07) is 5.02. The third-order valence-electron chi connectivity index (χ3n) is 3.02. The van der Waals surface area contributed by atoms with E-state index in [0.29, 0.717) is 35.3 Å². The van der Waals surface area contributed by atoms with Crippen LogP contribution in [0.3, 0.4) is 0 Å². The summed E-state index contributed by atoms with van der Waals surface area (Å²) in [5.74, 6) is 0.819. The van der Waals surface area contributed by atoms with E-state index in [9.17, 15) is 4.79 Å². The fourth-order valence-electron chi connectivity index (χ4n) is 1.76. The average molecular weight is 354 g/mol. The molecule has 24 heavy (non-hydrogen) atoms. The SMILES string of the molecule is CCCOc1ccc(C(=O)NNC(=S)NCCN(C)C)cc1OC. The molecular weight excluding hydrogens is 328 g/mol. The smallest absolute Gasteiger partial charge is 0.269 e. The number of thiocarbonyl (C=S) groups is 1. The van der Waals surface area contributed by atoms with Gasteiger partial charge in [0, 0.05) is 18.7 Å². The highest BCUT2D eigenvalue weighted by Gasteiger charge is 2.11. The van der Waals surface area contributed by atoms with Crippen molar-refractivity contribution >= 4 is 23.2 Å². The number of hydrogen-bond donors (Lipinski definition) is 3. The van der Waals surface area contributed by atoms with E-state index in [0.717, 1.165) is 13.0 Å². The third-order valence-corrected chi connectivity index (χ3v) is 3.27. The molecule has 0 radical (unpaired) electrons. The number of ether oxygens (including phenoxy) is 2. The Labute approximate surface area is 148 Å². The number of rotatable bonds is 8. The van der Waals surface area contributed by atoms with E-state index >= 15 is 0 Å². The second-order valence-electron chi connectivity index (χ2n) is 5.35. The molecule has 0 aromatic heterocycles. The number of methoxy groups -OCH3 is 1. The van der Waals surface area contributed by atoms with Gasteiger partial charge >= 0.3 is 0 Å². The van der Waals surface area contributed by atoms with Gasteiger partial charge in [0.05, 0.1) is 13.7 Å². The van der Waals surface area contributed by atoms with Crippen molar-refractivity contribution in [1.82, 2.24) is 21.1 Å². The molecule has 0 aliphatic heterocycles. The molecule has 0 unspecified atom stereocenters. The molecule has 134 valence electrons. The lowest BCUT2D eigenvalue weighted by Gasteiger charge is -2.14. The van der Waals surface area contributed by atoms with E-state index < -0.39 is 0 Å². The highest BCUT2D eigenvalue weighted by Crippen LogP contribution is 2.28. The lowest BCUT2D eigenvalue weighted by Crippen LogP contribution is -2.47. The minimum atomic E-state index is -0.313. The molecule has 1 rings (SSSR count). The molecule has 0 heterocycles. The number of hydrazine groups is 1. The Morgan fingerprint density at radius 2 is 2.00 bits per heavy atom. The van der Waals surface area contributed by atoms with Crippen LogP contribution in [-0.4, -0.2) is 56.8 Å². The Balaban J connectivity index is 2.53. The topological polar surface area (TPSA) is 74.9 Å². The highest BCUT2D eigenvalue weighted by molar-refractivity contribution is 7.80. The van der Waals surface area contributed by atoms with Gasteiger partial charge in [-0.1, -0.05) is 6.92 Å².